The van der Waals surface area contributed by atoms with Gasteiger partial charge < -0.3 is 10.4 Å². The first-order valence-electron chi connectivity index (χ1n) is 5.98. The van der Waals surface area contributed by atoms with Crippen LogP contribution in [-0.4, -0.2) is 23.3 Å². The maximum Gasteiger partial charge on any atom is 0.0825 e. The van der Waals surface area contributed by atoms with Crippen molar-refractivity contribution in [1.29, 1.82) is 0 Å². The van der Waals surface area contributed by atoms with Gasteiger partial charge >= 0.3 is 0 Å². The van der Waals surface area contributed by atoms with Gasteiger partial charge in [0.15, 0.2) is 0 Å². The molecule has 4 unspecified atom stereocenters. The van der Waals surface area contributed by atoms with Crippen LogP contribution in [-0.2, 0) is 0 Å². The molecule has 2 nitrogen and oxygen atoms in total. The van der Waals surface area contributed by atoms with Crippen molar-refractivity contribution >= 4 is 0 Å². The van der Waals surface area contributed by atoms with Gasteiger partial charge in [-0.2, -0.15) is 0 Å². The van der Waals surface area contributed by atoms with Crippen molar-refractivity contribution in [3.05, 3.63) is 0 Å². The highest BCUT2D eigenvalue weighted by atomic mass is 16.3. The minimum absolute atomic E-state index is 0.213. The summed E-state index contributed by atoms with van der Waals surface area (Å²) in [4.78, 5) is 0. The highest BCUT2D eigenvalue weighted by molar-refractivity contribution is 4.97. The van der Waals surface area contributed by atoms with E-state index in [1.807, 2.05) is 0 Å². The second kappa shape index (κ2) is 4.63. The first kappa shape index (κ1) is 12.0. The minimum Gasteiger partial charge on any atom is -0.388 e. The predicted octanol–water partition coefficient (Wildman–Crippen LogP) is 2.17. The summed E-state index contributed by atoms with van der Waals surface area (Å²) < 4.78 is 0. The molecule has 1 aliphatic rings. The maximum absolute atomic E-state index is 10.6. The molecular formula is C12H25NO. The normalized spacial score (nSPS) is 40.9. The van der Waals surface area contributed by atoms with Crippen molar-refractivity contribution in [2.75, 3.05) is 6.54 Å². The van der Waals surface area contributed by atoms with Crippen LogP contribution in [0, 0.1) is 11.8 Å². The number of hydrogen-bond donors (Lipinski definition) is 2. The van der Waals surface area contributed by atoms with E-state index in [0.29, 0.717) is 11.8 Å². The number of hydrogen-bond acceptors (Lipinski definition) is 2. The third-order valence-corrected chi connectivity index (χ3v) is 4.14. The molecule has 0 aromatic rings. The first-order valence-corrected chi connectivity index (χ1v) is 5.98. The fourth-order valence-corrected chi connectivity index (χ4v) is 2.77. The Morgan fingerprint density at radius 1 is 1.50 bits per heavy atom. The molecule has 1 aliphatic carbocycles. The van der Waals surface area contributed by atoms with Crippen molar-refractivity contribution in [1.82, 2.24) is 5.32 Å². The summed E-state index contributed by atoms with van der Waals surface area (Å²) >= 11 is 0. The molecule has 0 aromatic carbocycles. The van der Waals surface area contributed by atoms with Crippen LogP contribution in [0.4, 0.5) is 0 Å². The molecule has 0 spiro atoms. The lowest BCUT2D eigenvalue weighted by atomic mass is 9.67. The van der Waals surface area contributed by atoms with Crippen LogP contribution in [0.2, 0.25) is 0 Å². The molecule has 1 rings (SSSR count). The molecule has 1 fully saturated rings. The van der Waals surface area contributed by atoms with Crippen molar-refractivity contribution in [3.8, 4) is 0 Å². The van der Waals surface area contributed by atoms with E-state index in [-0.39, 0.29) is 6.04 Å². The van der Waals surface area contributed by atoms with Crippen LogP contribution in [0.25, 0.3) is 0 Å². The van der Waals surface area contributed by atoms with Gasteiger partial charge in [-0.25, -0.2) is 0 Å². The van der Waals surface area contributed by atoms with Crippen LogP contribution < -0.4 is 5.32 Å². The number of nitrogens with one attached hydrogen (secondary N) is 1. The van der Waals surface area contributed by atoms with Gasteiger partial charge in [0, 0.05) is 6.04 Å². The Labute approximate surface area is 88.1 Å². The van der Waals surface area contributed by atoms with Gasteiger partial charge in [-0.15, -0.1) is 0 Å². The second-order valence-corrected chi connectivity index (χ2v) is 4.93. The molecule has 84 valence electrons. The van der Waals surface area contributed by atoms with Gasteiger partial charge in [-0.1, -0.05) is 33.6 Å². The minimum atomic E-state index is -0.492. The second-order valence-electron chi connectivity index (χ2n) is 4.93. The van der Waals surface area contributed by atoms with Crippen molar-refractivity contribution in [2.45, 2.75) is 58.6 Å². The van der Waals surface area contributed by atoms with Crippen LogP contribution in [0.1, 0.15) is 47.0 Å². The summed E-state index contributed by atoms with van der Waals surface area (Å²) in [6.07, 6.45) is 3.38. The highest BCUT2D eigenvalue weighted by Gasteiger charge is 2.43. The van der Waals surface area contributed by atoms with E-state index in [1.54, 1.807) is 0 Å². The van der Waals surface area contributed by atoms with E-state index in [2.05, 4.69) is 33.0 Å². The molecular weight excluding hydrogens is 174 g/mol. The Hall–Kier alpha value is -0.0800. The van der Waals surface area contributed by atoms with Gasteiger partial charge in [0.25, 0.3) is 0 Å². The Morgan fingerprint density at radius 2 is 2.14 bits per heavy atom. The van der Waals surface area contributed by atoms with Crippen LogP contribution in [0.15, 0.2) is 0 Å². The lowest BCUT2D eigenvalue weighted by Gasteiger charge is -2.46. The zero-order chi connectivity index (χ0) is 10.8. The molecule has 2 heteroatoms. The van der Waals surface area contributed by atoms with Crippen molar-refractivity contribution in [3.63, 3.8) is 0 Å². The van der Waals surface area contributed by atoms with E-state index in [1.165, 1.54) is 6.42 Å². The van der Waals surface area contributed by atoms with Crippen LogP contribution in [0.3, 0.4) is 0 Å². The molecule has 0 amide bonds. The van der Waals surface area contributed by atoms with Gasteiger partial charge in [0.2, 0.25) is 0 Å². The molecule has 0 bridgehead atoms. The third kappa shape index (κ3) is 2.12. The van der Waals surface area contributed by atoms with E-state index >= 15 is 0 Å². The van der Waals surface area contributed by atoms with Crippen molar-refractivity contribution < 1.29 is 5.11 Å². The summed E-state index contributed by atoms with van der Waals surface area (Å²) in [5.41, 5.74) is -0.492. The SMILES string of the molecule is CCNC(C)C1(O)CCCC(C)C1C. The van der Waals surface area contributed by atoms with E-state index in [0.717, 1.165) is 19.4 Å². The zero-order valence-corrected chi connectivity index (χ0v) is 10.0. The molecule has 4 atom stereocenters. The predicted molar refractivity (Wildman–Crippen MR) is 60.3 cm³/mol. The van der Waals surface area contributed by atoms with E-state index < -0.39 is 5.60 Å². The summed E-state index contributed by atoms with van der Waals surface area (Å²) in [5, 5.41) is 14.0. The summed E-state index contributed by atoms with van der Waals surface area (Å²) in [6.45, 7) is 9.59. The molecule has 0 aliphatic heterocycles. The van der Waals surface area contributed by atoms with Crippen molar-refractivity contribution in [2.24, 2.45) is 11.8 Å². The molecule has 0 saturated heterocycles. The summed E-state index contributed by atoms with van der Waals surface area (Å²) in [6, 6.07) is 0.213. The lowest BCUT2D eigenvalue weighted by molar-refractivity contribution is -0.0853. The third-order valence-electron chi connectivity index (χ3n) is 4.14. The molecule has 14 heavy (non-hydrogen) atoms. The van der Waals surface area contributed by atoms with Crippen LogP contribution in [0.5, 0.6) is 0 Å². The van der Waals surface area contributed by atoms with Gasteiger partial charge in [0.05, 0.1) is 5.60 Å². The zero-order valence-electron chi connectivity index (χ0n) is 10.0. The average molecular weight is 199 g/mol. The van der Waals surface area contributed by atoms with E-state index in [4.69, 9.17) is 0 Å². The molecule has 1 saturated carbocycles. The topological polar surface area (TPSA) is 32.3 Å². The highest BCUT2D eigenvalue weighted by Crippen LogP contribution is 2.39. The Kier molecular flexibility index (Phi) is 3.96. The standard InChI is InChI=1S/C12H25NO/c1-5-13-11(4)12(14)8-6-7-9(2)10(12)3/h9-11,13-14H,5-8H2,1-4H3. The number of aliphatic hydroxyl groups is 1. The molecule has 0 heterocycles. The fourth-order valence-electron chi connectivity index (χ4n) is 2.77. The van der Waals surface area contributed by atoms with Crippen LogP contribution >= 0.6 is 0 Å². The quantitative estimate of drug-likeness (QED) is 0.730. The maximum atomic E-state index is 10.6. The lowest BCUT2D eigenvalue weighted by Crippen LogP contribution is -2.56. The Bertz CT molecular complexity index is 183. The average Bonchev–Trinajstić information content (AvgIpc) is 2.14. The molecule has 0 aromatic heterocycles. The monoisotopic (exact) mass is 199 g/mol. The number of rotatable bonds is 3. The molecule has 2 N–H and O–H groups in total. The first-order chi connectivity index (χ1) is 6.52. The smallest absolute Gasteiger partial charge is 0.0825 e. The van der Waals surface area contributed by atoms with E-state index in [9.17, 15) is 5.11 Å². The molecule has 0 radical (unpaired) electrons. The largest absolute Gasteiger partial charge is 0.388 e. The number of likely N-dealkylation sites (N-methyl/N-ethyl adjacent to an activating group) is 1. The van der Waals surface area contributed by atoms with Gasteiger partial charge in [-0.05, 0) is 31.7 Å². The Balaban J connectivity index is 2.69. The summed E-state index contributed by atoms with van der Waals surface area (Å²) in [5.74, 6) is 1.06. The Morgan fingerprint density at radius 3 is 2.71 bits per heavy atom. The summed E-state index contributed by atoms with van der Waals surface area (Å²) in [7, 11) is 0. The van der Waals surface area contributed by atoms with Gasteiger partial charge in [0.1, 0.15) is 0 Å². The fraction of sp³-hybridized carbons (Fsp3) is 1.00. The van der Waals surface area contributed by atoms with Gasteiger partial charge in [-0.3, -0.25) is 0 Å².